The molecule has 1 spiro atoms. The van der Waals surface area contributed by atoms with Crippen LogP contribution in [0.3, 0.4) is 0 Å². The van der Waals surface area contributed by atoms with Gasteiger partial charge in [0.05, 0.1) is 0 Å². The molecular weight excluding hydrogens is 392 g/mol. The van der Waals surface area contributed by atoms with Crippen molar-refractivity contribution in [2.75, 3.05) is 0 Å². The van der Waals surface area contributed by atoms with E-state index in [4.69, 9.17) is 0 Å². The van der Waals surface area contributed by atoms with Crippen molar-refractivity contribution in [3.8, 4) is 0 Å². The van der Waals surface area contributed by atoms with E-state index in [0.29, 0.717) is 0 Å². The summed E-state index contributed by atoms with van der Waals surface area (Å²) in [5.74, 6) is 0. The quantitative estimate of drug-likeness (QED) is 0.229. The van der Waals surface area contributed by atoms with Gasteiger partial charge >= 0.3 is 147 Å². The molecular formula is C28H38Fe. The Morgan fingerprint density at radius 1 is 0.655 bits per heavy atom. The average Bonchev–Trinajstić information content (AvgIpc) is 3.68. The van der Waals surface area contributed by atoms with Crippen molar-refractivity contribution < 1.29 is 6.51 Å². The summed E-state index contributed by atoms with van der Waals surface area (Å²) in [6.07, 6.45) is 16.1. The molecule has 10 heterocycles. The number of benzene rings is 1. The molecule has 10 saturated heterocycles. The molecule has 29 heavy (non-hydrogen) atoms. The molecule has 1 aromatic rings. The van der Waals surface area contributed by atoms with E-state index < -0.39 is 6.51 Å². The minimum absolute atomic E-state index is 0.966. The molecule has 10 aliphatic heterocycles. The van der Waals surface area contributed by atoms with E-state index >= 15 is 0 Å². The van der Waals surface area contributed by atoms with Gasteiger partial charge in [-0.15, -0.1) is 0 Å². The molecule has 158 valence electrons. The maximum atomic E-state index is 2.69. The Morgan fingerprint density at radius 3 is 1.66 bits per heavy atom. The Bertz CT molecular complexity index is 1260. The van der Waals surface area contributed by atoms with Crippen LogP contribution in [0.5, 0.6) is 0 Å². The average molecular weight is 430 g/mol. The SMILES string of the molecule is CCCCCCCCCCCCc1ccccc1[C]12[CH]3[CH]4[CH]5[CH]1[Fe]45321678[CH]2[CH]1[CH]6[CH]7[CH]28. The van der Waals surface area contributed by atoms with Crippen LogP contribution >= 0.6 is 0 Å². The Labute approximate surface area is 166 Å². The second-order valence-corrected chi connectivity index (χ2v) is 38.8. The molecule has 0 bridgehead atoms. The predicted octanol–water partition coefficient (Wildman–Crippen LogP) is 8.95. The van der Waals surface area contributed by atoms with Crippen molar-refractivity contribution in [2.45, 2.75) is 125 Å². The van der Waals surface area contributed by atoms with Gasteiger partial charge in [-0.25, -0.2) is 0 Å². The third-order valence-corrected chi connectivity index (χ3v) is 61.3. The van der Waals surface area contributed by atoms with Gasteiger partial charge in [0.2, 0.25) is 0 Å². The molecule has 0 N–H and O–H groups in total. The zero-order valence-corrected chi connectivity index (χ0v) is 19.2. The number of hydrogen-bond donors (Lipinski definition) is 0. The third kappa shape index (κ3) is 0.314. The van der Waals surface area contributed by atoms with Crippen LogP contribution in [0.1, 0.15) is 82.3 Å². The first-order valence-corrected chi connectivity index (χ1v) is 19.7. The molecule has 10 fully saturated rings. The number of fused-ring (bicyclic) bond motifs is 10. The fraction of sp³-hybridized carbons (Fsp3) is 0.786. The van der Waals surface area contributed by atoms with E-state index in [1.807, 2.05) is 11.1 Å². The van der Waals surface area contributed by atoms with Crippen molar-refractivity contribution >= 4 is 0 Å². The molecule has 1 aromatic carbocycles. The fourth-order valence-corrected chi connectivity index (χ4v) is 94.0. The summed E-state index contributed by atoms with van der Waals surface area (Å²) in [5.41, 5.74) is 3.86. The van der Waals surface area contributed by atoms with E-state index in [2.05, 4.69) is 31.2 Å². The van der Waals surface area contributed by atoms with Crippen molar-refractivity contribution in [3.63, 3.8) is 0 Å². The van der Waals surface area contributed by atoms with Gasteiger partial charge in [0.1, 0.15) is 0 Å². The zero-order chi connectivity index (χ0) is 18.8. The second kappa shape index (κ2) is 2.03. The number of hydrogen-bond acceptors (Lipinski definition) is 0. The van der Waals surface area contributed by atoms with E-state index in [0.717, 1.165) is 4.31 Å². The van der Waals surface area contributed by atoms with Crippen molar-refractivity contribution in [2.24, 2.45) is 0 Å². The fourth-order valence-electron chi connectivity index (χ4n) is 19.8. The van der Waals surface area contributed by atoms with E-state index in [1.165, 1.54) is 114 Å². The third-order valence-electron chi connectivity index (χ3n) is 18.9. The number of rotatable bonds is 12. The predicted molar refractivity (Wildman–Crippen MR) is 117 cm³/mol. The molecule has 1 heteroatoms. The Hall–Kier alpha value is -0.261. The number of unbranched alkanes of at least 4 members (excludes halogenated alkanes) is 9. The van der Waals surface area contributed by atoms with Crippen LogP contribution in [0.25, 0.3) is 0 Å². The van der Waals surface area contributed by atoms with E-state index in [1.54, 1.807) is 0 Å². The van der Waals surface area contributed by atoms with E-state index in [9.17, 15) is 0 Å². The first-order valence-electron chi connectivity index (χ1n) is 13.4. The van der Waals surface area contributed by atoms with Gasteiger partial charge in [-0.2, -0.15) is 0 Å². The minimum atomic E-state index is -2.98. The summed E-state index contributed by atoms with van der Waals surface area (Å²) < 4.78 is 0.966. The Kier molecular flexibility index (Phi) is 1.03. The molecule has 0 aliphatic carbocycles. The Morgan fingerprint density at radius 2 is 1.17 bits per heavy atom. The first kappa shape index (κ1) is 14.7. The summed E-state index contributed by atoms with van der Waals surface area (Å²) in [5, 5.41) is 0. The monoisotopic (exact) mass is 430 g/mol. The molecule has 0 saturated carbocycles. The second-order valence-electron chi connectivity index (χ2n) is 15.3. The maximum absolute atomic E-state index is 2.98. The summed E-state index contributed by atoms with van der Waals surface area (Å²) in [7, 11) is 0. The van der Waals surface area contributed by atoms with Gasteiger partial charge in [-0.1, -0.05) is 19.8 Å². The van der Waals surface area contributed by atoms with Gasteiger partial charge in [-0.3, -0.25) is 0 Å². The van der Waals surface area contributed by atoms with Crippen LogP contribution in [0.15, 0.2) is 24.3 Å². The molecule has 11 rings (SSSR count). The molecule has 4 unspecified atom stereocenters. The summed E-state index contributed by atoms with van der Waals surface area (Å²) in [4.78, 5) is 13.1. The van der Waals surface area contributed by atoms with Crippen LogP contribution in [-0.4, -0.2) is 0 Å². The number of aryl methyl sites for hydroxylation is 1. The normalized spacial score (nSPS) is 74.7. The zero-order valence-electron chi connectivity index (χ0n) is 18.1. The van der Waals surface area contributed by atoms with Crippen LogP contribution in [-0.2, 0) is 17.2 Å². The van der Waals surface area contributed by atoms with E-state index in [-0.39, 0.29) is 0 Å². The standard InChI is InChI=1S/C23H33.C5H5.Fe/c1-2-3-4-5-6-7-8-9-10-11-16-21-19-14-15-20-23(21)22-17-12-13-18-22;1-2-4-5-3-1;/h12-15,17-20H,2-11,16H2,1H3;1-5H;. The Balaban J connectivity index is 0.825. The summed E-state index contributed by atoms with van der Waals surface area (Å²) >= 11 is 0. The molecule has 0 radical (unpaired) electrons. The van der Waals surface area contributed by atoms with Crippen LogP contribution < -0.4 is 0 Å². The van der Waals surface area contributed by atoms with Crippen molar-refractivity contribution in [1.29, 1.82) is 0 Å². The van der Waals surface area contributed by atoms with Gasteiger partial charge in [0.15, 0.2) is 0 Å². The topological polar surface area (TPSA) is 0 Å². The summed E-state index contributed by atoms with van der Waals surface area (Å²) in [6, 6.07) is 10.1. The summed E-state index contributed by atoms with van der Waals surface area (Å²) in [6.45, 7) is -0.667. The molecule has 0 nitrogen and oxygen atoms in total. The molecule has 0 aromatic heterocycles. The molecule has 0 amide bonds. The van der Waals surface area contributed by atoms with Crippen LogP contribution in [0, 0.1) is 0 Å². The molecule has 10 aliphatic rings. The van der Waals surface area contributed by atoms with Gasteiger partial charge in [0, 0.05) is 0 Å². The first-order chi connectivity index (χ1) is 14.1. The van der Waals surface area contributed by atoms with Crippen LogP contribution in [0.2, 0.25) is 43.3 Å². The van der Waals surface area contributed by atoms with Crippen LogP contribution in [0.4, 0.5) is 0 Å². The van der Waals surface area contributed by atoms with Crippen molar-refractivity contribution in [1.82, 2.24) is 0 Å². The van der Waals surface area contributed by atoms with Gasteiger partial charge in [-0.05, 0) is 0 Å². The van der Waals surface area contributed by atoms with Gasteiger partial charge < -0.3 is 0 Å². The molecule has 4 atom stereocenters. The van der Waals surface area contributed by atoms with Gasteiger partial charge in [0.25, 0.3) is 0 Å². The van der Waals surface area contributed by atoms with Crippen molar-refractivity contribution in [3.05, 3.63) is 35.4 Å².